The molecule has 0 spiro atoms. The number of aromatic carboxylic acids is 3. The van der Waals surface area contributed by atoms with Crippen LogP contribution in [0.2, 0.25) is 0 Å². The molecule has 0 saturated carbocycles. The molecule has 6 heteroatoms. The molecule has 0 amide bonds. The van der Waals surface area contributed by atoms with Crippen molar-refractivity contribution in [1.82, 2.24) is 0 Å². The van der Waals surface area contributed by atoms with E-state index in [0.29, 0.717) is 21.5 Å². The number of carboxylic acids is 3. The van der Waals surface area contributed by atoms with Crippen LogP contribution in [0.3, 0.4) is 0 Å². The van der Waals surface area contributed by atoms with Crippen LogP contribution in [-0.4, -0.2) is 33.2 Å². The zero-order valence-electron chi connectivity index (χ0n) is 13.8. The Bertz CT molecular complexity index is 1300. The van der Waals surface area contributed by atoms with Gasteiger partial charge in [0.25, 0.3) is 0 Å². The van der Waals surface area contributed by atoms with Crippen molar-refractivity contribution < 1.29 is 29.7 Å². The molecule has 0 aliphatic rings. The molecule has 0 fully saturated rings. The predicted octanol–water partition coefficient (Wildman–Crippen LogP) is 4.24. The van der Waals surface area contributed by atoms with Crippen LogP contribution in [0.1, 0.15) is 31.1 Å². The fourth-order valence-corrected chi connectivity index (χ4v) is 3.50. The van der Waals surface area contributed by atoms with Crippen molar-refractivity contribution in [1.29, 1.82) is 0 Å². The zero-order valence-corrected chi connectivity index (χ0v) is 13.8. The molecule has 0 bridgehead atoms. The van der Waals surface area contributed by atoms with Crippen LogP contribution >= 0.6 is 0 Å². The maximum Gasteiger partial charge on any atom is 0.336 e. The average molecular weight is 360 g/mol. The largest absolute Gasteiger partial charge is 0.478 e. The average Bonchev–Trinajstić information content (AvgIpc) is 2.65. The van der Waals surface area contributed by atoms with Gasteiger partial charge in [0.05, 0.1) is 16.7 Å². The number of hydrogen-bond donors (Lipinski definition) is 3. The summed E-state index contributed by atoms with van der Waals surface area (Å²) >= 11 is 0. The van der Waals surface area contributed by atoms with Crippen LogP contribution in [0, 0.1) is 0 Å². The van der Waals surface area contributed by atoms with Gasteiger partial charge in [0.1, 0.15) is 0 Å². The summed E-state index contributed by atoms with van der Waals surface area (Å²) in [6, 6.07) is 14.0. The lowest BCUT2D eigenvalue weighted by Gasteiger charge is -2.12. The van der Waals surface area contributed by atoms with Crippen molar-refractivity contribution in [3.8, 4) is 0 Å². The smallest absolute Gasteiger partial charge is 0.336 e. The van der Waals surface area contributed by atoms with E-state index in [1.165, 1.54) is 18.2 Å². The van der Waals surface area contributed by atoms with Crippen molar-refractivity contribution in [3.05, 3.63) is 71.3 Å². The van der Waals surface area contributed by atoms with Crippen LogP contribution in [0.25, 0.3) is 32.3 Å². The summed E-state index contributed by atoms with van der Waals surface area (Å²) in [6.45, 7) is 0. The van der Waals surface area contributed by atoms with Gasteiger partial charge in [-0.25, -0.2) is 14.4 Å². The highest BCUT2D eigenvalue weighted by Crippen LogP contribution is 2.35. The molecule has 4 aromatic rings. The van der Waals surface area contributed by atoms with Crippen LogP contribution < -0.4 is 0 Å². The summed E-state index contributed by atoms with van der Waals surface area (Å²) in [5, 5.41) is 31.6. The molecule has 0 aromatic heterocycles. The summed E-state index contributed by atoms with van der Waals surface area (Å²) in [4.78, 5) is 34.4. The van der Waals surface area contributed by atoms with E-state index in [1.54, 1.807) is 36.4 Å². The van der Waals surface area contributed by atoms with Gasteiger partial charge in [-0.05, 0) is 51.2 Å². The lowest BCUT2D eigenvalue weighted by molar-refractivity contribution is 0.0684. The van der Waals surface area contributed by atoms with Gasteiger partial charge in [-0.2, -0.15) is 0 Å². The van der Waals surface area contributed by atoms with Gasteiger partial charge in [-0.3, -0.25) is 0 Å². The third-order valence-electron chi connectivity index (χ3n) is 4.70. The number of hydrogen-bond acceptors (Lipinski definition) is 3. The highest BCUT2D eigenvalue weighted by molar-refractivity contribution is 6.24. The minimum atomic E-state index is -1.15. The lowest BCUT2D eigenvalue weighted by atomic mass is 9.91. The topological polar surface area (TPSA) is 112 Å². The second-order valence-corrected chi connectivity index (χ2v) is 6.16. The fraction of sp³-hybridized carbons (Fsp3) is 0. The Kier molecular flexibility index (Phi) is 3.56. The third-order valence-corrected chi connectivity index (χ3v) is 4.70. The maximum atomic E-state index is 11.7. The summed E-state index contributed by atoms with van der Waals surface area (Å²) in [7, 11) is 0. The first-order valence-electron chi connectivity index (χ1n) is 8.00. The Morgan fingerprint density at radius 3 is 1.81 bits per heavy atom. The standard InChI is InChI=1S/C21H12O6/c22-19(23)11-2-3-12-10(9-11)1-4-14-13(12)5-6-15-16(20(24)25)7-8-17(18(14)15)21(26)27/h1-9H,(H,22,23)(H,24,25)(H,26,27). The van der Waals surface area contributed by atoms with Crippen LogP contribution in [-0.2, 0) is 0 Å². The number of fused-ring (bicyclic) bond motifs is 5. The highest BCUT2D eigenvalue weighted by atomic mass is 16.4. The summed E-state index contributed by atoms with van der Waals surface area (Å²) in [5.74, 6) is -3.32. The first-order chi connectivity index (χ1) is 12.9. The van der Waals surface area contributed by atoms with E-state index in [-0.39, 0.29) is 16.7 Å². The van der Waals surface area contributed by atoms with Gasteiger partial charge in [0, 0.05) is 5.39 Å². The summed E-state index contributed by atoms with van der Waals surface area (Å²) < 4.78 is 0. The monoisotopic (exact) mass is 360 g/mol. The zero-order chi connectivity index (χ0) is 19.3. The quantitative estimate of drug-likeness (QED) is 0.471. The fourth-order valence-electron chi connectivity index (χ4n) is 3.50. The van der Waals surface area contributed by atoms with Gasteiger partial charge in [-0.15, -0.1) is 0 Å². The van der Waals surface area contributed by atoms with E-state index in [2.05, 4.69) is 0 Å². The molecular weight excluding hydrogens is 348 g/mol. The molecule has 4 aromatic carbocycles. The molecular formula is C21H12O6. The van der Waals surface area contributed by atoms with Crippen LogP contribution in [0.15, 0.2) is 54.6 Å². The number of carbonyl (C=O) groups is 3. The SMILES string of the molecule is O=C(O)c1ccc2c(ccc3c2ccc2c(C(=O)O)ccc(C(=O)O)c23)c1. The Labute approximate surface area is 151 Å². The molecule has 3 N–H and O–H groups in total. The predicted molar refractivity (Wildman–Crippen MR) is 99.8 cm³/mol. The Morgan fingerprint density at radius 1 is 0.556 bits per heavy atom. The third kappa shape index (κ3) is 2.46. The lowest BCUT2D eigenvalue weighted by Crippen LogP contribution is -2.03. The molecule has 0 heterocycles. The first-order valence-corrected chi connectivity index (χ1v) is 8.00. The minimum Gasteiger partial charge on any atom is -0.478 e. The van der Waals surface area contributed by atoms with Gasteiger partial charge in [0.2, 0.25) is 0 Å². The molecule has 0 aliphatic carbocycles. The second kappa shape index (κ2) is 5.81. The Morgan fingerprint density at radius 2 is 1.15 bits per heavy atom. The maximum absolute atomic E-state index is 11.7. The molecule has 132 valence electrons. The molecule has 0 aliphatic heterocycles. The summed E-state index contributed by atoms with van der Waals surface area (Å²) in [6.07, 6.45) is 0. The Balaban J connectivity index is 2.19. The molecule has 0 atom stereocenters. The van der Waals surface area contributed by atoms with E-state index >= 15 is 0 Å². The van der Waals surface area contributed by atoms with Crippen molar-refractivity contribution in [2.45, 2.75) is 0 Å². The minimum absolute atomic E-state index is 0.0158. The summed E-state index contributed by atoms with van der Waals surface area (Å²) in [5.41, 5.74) is 0.197. The van der Waals surface area contributed by atoms with Crippen molar-refractivity contribution in [2.75, 3.05) is 0 Å². The normalized spacial score (nSPS) is 11.1. The number of rotatable bonds is 3. The van der Waals surface area contributed by atoms with Gasteiger partial charge >= 0.3 is 17.9 Å². The second-order valence-electron chi connectivity index (χ2n) is 6.16. The molecule has 4 rings (SSSR count). The van der Waals surface area contributed by atoms with Gasteiger partial charge < -0.3 is 15.3 Å². The van der Waals surface area contributed by atoms with Crippen molar-refractivity contribution >= 4 is 50.2 Å². The highest BCUT2D eigenvalue weighted by Gasteiger charge is 2.18. The molecule has 6 nitrogen and oxygen atoms in total. The van der Waals surface area contributed by atoms with Crippen molar-refractivity contribution in [2.24, 2.45) is 0 Å². The Hall–Kier alpha value is -3.93. The first kappa shape index (κ1) is 16.5. The molecule has 27 heavy (non-hydrogen) atoms. The molecule has 0 radical (unpaired) electrons. The molecule has 0 saturated heterocycles. The van der Waals surface area contributed by atoms with Crippen LogP contribution in [0.5, 0.6) is 0 Å². The van der Waals surface area contributed by atoms with E-state index in [9.17, 15) is 24.6 Å². The molecule has 0 unspecified atom stereocenters. The van der Waals surface area contributed by atoms with E-state index in [0.717, 1.165) is 10.8 Å². The van der Waals surface area contributed by atoms with Crippen molar-refractivity contribution in [3.63, 3.8) is 0 Å². The number of carboxylic acid groups (broad SMARTS) is 3. The number of benzene rings is 4. The van der Waals surface area contributed by atoms with E-state index in [4.69, 9.17) is 5.11 Å². The van der Waals surface area contributed by atoms with Gasteiger partial charge in [0.15, 0.2) is 0 Å². The van der Waals surface area contributed by atoms with E-state index in [1.807, 2.05) is 0 Å². The van der Waals surface area contributed by atoms with Crippen LogP contribution in [0.4, 0.5) is 0 Å². The van der Waals surface area contributed by atoms with E-state index < -0.39 is 17.9 Å². The van der Waals surface area contributed by atoms with Gasteiger partial charge in [-0.1, -0.05) is 30.3 Å².